The molecule has 0 bridgehead atoms. The maximum Gasteiger partial charge on any atom is 0.164 e. The number of carbonyl (C=O) groups is 1. The molecule has 16 heavy (non-hydrogen) atoms. The van der Waals surface area contributed by atoms with Gasteiger partial charge in [-0.3, -0.25) is 4.79 Å². The minimum atomic E-state index is 0.179. The second-order valence-corrected chi connectivity index (χ2v) is 4.27. The van der Waals surface area contributed by atoms with Crippen LogP contribution in [0.5, 0.6) is 0 Å². The van der Waals surface area contributed by atoms with E-state index in [0.29, 0.717) is 6.42 Å². The average Bonchev–Trinajstić information content (AvgIpc) is 2.81. The summed E-state index contributed by atoms with van der Waals surface area (Å²) in [6, 6.07) is 3.89. The monoisotopic (exact) mass is 218 g/mol. The third kappa shape index (κ3) is 2.08. The van der Waals surface area contributed by atoms with E-state index in [9.17, 15) is 4.79 Å². The predicted molar refractivity (Wildman–Crippen MR) is 65.0 cm³/mol. The molecular weight excluding hydrogens is 200 g/mol. The normalized spacial score (nSPS) is 15.5. The molecule has 86 valence electrons. The molecule has 0 saturated carbocycles. The van der Waals surface area contributed by atoms with E-state index in [-0.39, 0.29) is 5.78 Å². The van der Waals surface area contributed by atoms with Gasteiger partial charge in [-0.15, -0.1) is 0 Å². The highest BCUT2D eigenvalue weighted by Gasteiger charge is 2.15. The zero-order valence-corrected chi connectivity index (χ0v) is 9.99. The molecule has 2 rings (SSSR count). The van der Waals surface area contributed by atoms with Crippen LogP contribution in [0.25, 0.3) is 0 Å². The molecule has 0 radical (unpaired) electrons. The van der Waals surface area contributed by atoms with Gasteiger partial charge in [0.1, 0.15) is 5.82 Å². The molecule has 1 aromatic heterocycles. The van der Waals surface area contributed by atoms with Crippen molar-refractivity contribution in [2.24, 2.45) is 0 Å². The van der Waals surface area contributed by atoms with Gasteiger partial charge in [0.2, 0.25) is 0 Å². The first-order valence-corrected chi connectivity index (χ1v) is 5.98. The smallest absolute Gasteiger partial charge is 0.164 e. The van der Waals surface area contributed by atoms with Gasteiger partial charge in [0.05, 0.1) is 5.69 Å². The number of nitrogens with zero attached hydrogens (tertiary/aromatic N) is 2. The van der Waals surface area contributed by atoms with Crippen LogP contribution in [0.1, 0.15) is 42.2 Å². The maximum atomic E-state index is 11.6. The molecule has 3 nitrogen and oxygen atoms in total. The van der Waals surface area contributed by atoms with Crippen molar-refractivity contribution >= 4 is 11.6 Å². The third-order valence-electron chi connectivity index (χ3n) is 3.12. The van der Waals surface area contributed by atoms with Gasteiger partial charge in [0.25, 0.3) is 0 Å². The summed E-state index contributed by atoms with van der Waals surface area (Å²) in [6.07, 6.45) is 3.04. The molecule has 0 spiro atoms. The van der Waals surface area contributed by atoms with Crippen LogP contribution >= 0.6 is 0 Å². The van der Waals surface area contributed by atoms with Gasteiger partial charge in [-0.05, 0) is 31.9 Å². The van der Waals surface area contributed by atoms with Crippen LogP contribution in [0.2, 0.25) is 0 Å². The second-order valence-electron chi connectivity index (χ2n) is 4.27. The van der Waals surface area contributed by atoms with Crippen molar-refractivity contribution in [3.05, 3.63) is 23.4 Å². The molecule has 1 saturated heterocycles. The first-order chi connectivity index (χ1) is 7.72. The molecule has 2 heterocycles. The molecule has 1 aliphatic heterocycles. The van der Waals surface area contributed by atoms with Crippen molar-refractivity contribution in [1.29, 1.82) is 0 Å². The van der Waals surface area contributed by atoms with Gasteiger partial charge in [-0.25, -0.2) is 4.98 Å². The van der Waals surface area contributed by atoms with Gasteiger partial charge in [-0.1, -0.05) is 6.92 Å². The number of aryl methyl sites for hydroxylation is 1. The quantitative estimate of drug-likeness (QED) is 0.731. The van der Waals surface area contributed by atoms with Crippen LogP contribution in [0.15, 0.2) is 12.1 Å². The highest BCUT2D eigenvalue weighted by molar-refractivity contribution is 5.96. The van der Waals surface area contributed by atoms with Gasteiger partial charge < -0.3 is 4.90 Å². The van der Waals surface area contributed by atoms with Crippen LogP contribution in [-0.4, -0.2) is 23.9 Å². The van der Waals surface area contributed by atoms with E-state index in [1.54, 1.807) is 0 Å². The largest absolute Gasteiger partial charge is 0.357 e. The molecule has 1 fully saturated rings. The summed E-state index contributed by atoms with van der Waals surface area (Å²) in [5.74, 6) is 1.20. The van der Waals surface area contributed by atoms with E-state index in [2.05, 4.69) is 9.88 Å². The number of anilines is 1. The summed E-state index contributed by atoms with van der Waals surface area (Å²) in [7, 11) is 0. The zero-order valence-electron chi connectivity index (χ0n) is 9.99. The molecule has 0 N–H and O–H groups in total. The fraction of sp³-hybridized carbons (Fsp3) is 0.538. The summed E-state index contributed by atoms with van der Waals surface area (Å²) in [4.78, 5) is 18.4. The summed E-state index contributed by atoms with van der Waals surface area (Å²) < 4.78 is 0. The lowest BCUT2D eigenvalue weighted by Gasteiger charge is -2.17. The molecule has 0 aromatic carbocycles. The van der Waals surface area contributed by atoms with E-state index < -0.39 is 0 Å². The molecule has 1 aliphatic rings. The lowest BCUT2D eigenvalue weighted by atomic mass is 10.1. The number of pyridine rings is 1. The number of hydrogen-bond donors (Lipinski definition) is 0. The molecule has 0 amide bonds. The fourth-order valence-corrected chi connectivity index (χ4v) is 2.16. The van der Waals surface area contributed by atoms with Gasteiger partial charge in [0.15, 0.2) is 5.78 Å². The molecule has 0 unspecified atom stereocenters. The Balaban J connectivity index is 2.25. The minimum absolute atomic E-state index is 0.179. The summed E-state index contributed by atoms with van der Waals surface area (Å²) >= 11 is 0. The van der Waals surface area contributed by atoms with Crippen molar-refractivity contribution in [2.45, 2.75) is 33.1 Å². The van der Waals surface area contributed by atoms with Crippen LogP contribution in [0.3, 0.4) is 0 Å². The van der Waals surface area contributed by atoms with Gasteiger partial charge >= 0.3 is 0 Å². The van der Waals surface area contributed by atoms with Crippen molar-refractivity contribution in [3.8, 4) is 0 Å². The van der Waals surface area contributed by atoms with E-state index in [4.69, 9.17) is 0 Å². The summed E-state index contributed by atoms with van der Waals surface area (Å²) in [5.41, 5.74) is 1.63. The molecule has 3 heteroatoms. The SMILES string of the molecule is CCC(=O)c1ccc(N2CCCC2)nc1C. The Labute approximate surface area is 96.5 Å². The Hall–Kier alpha value is -1.38. The van der Waals surface area contributed by atoms with Gasteiger partial charge in [-0.2, -0.15) is 0 Å². The Morgan fingerprint density at radius 3 is 2.62 bits per heavy atom. The Morgan fingerprint density at radius 2 is 2.06 bits per heavy atom. The minimum Gasteiger partial charge on any atom is -0.357 e. The van der Waals surface area contributed by atoms with Crippen LogP contribution in [-0.2, 0) is 0 Å². The summed E-state index contributed by atoms with van der Waals surface area (Å²) in [5, 5.41) is 0. The predicted octanol–water partition coefficient (Wildman–Crippen LogP) is 2.58. The molecular formula is C13H18N2O. The Kier molecular flexibility index (Phi) is 3.22. The first-order valence-electron chi connectivity index (χ1n) is 5.98. The van der Waals surface area contributed by atoms with E-state index >= 15 is 0 Å². The molecule has 0 aliphatic carbocycles. The number of rotatable bonds is 3. The third-order valence-corrected chi connectivity index (χ3v) is 3.12. The highest BCUT2D eigenvalue weighted by atomic mass is 16.1. The first kappa shape index (κ1) is 11.1. The fourth-order valence-electron chi connectivity index (χ4n) is 2.16. The van der Waals surface area contributed by atoms with Crippen LogP contribution in [0, 0.1) is 6.92 Å². The highest BCUT2D eigenvalue weighted by Crippen LogP contribution is 2.20. The lowest BCUT2D eigenvalue weighted by Crippen LogP contribution is -2.19. The number of carbonyl (C=O) groups excluding carboxylic acids is 1. The summed E-state index contributed by atoms with van der Waals surface area (Å²) in [6.45, 7) is 5.99. The maximum absolute atomic E-state index is 11.6. The van der Waals surface area contributed by atoms with Crippen LogP contribution < -0.4 is 4.90 Å². The van der Waals surface area contributed by atoms with Gasteiger partial charge in [0, 0.05) is 25.1 Å². The molecule has 0 atom stereocenters. The average molecular weight is 218 g/mol. The molecule has 1 aromatic rings. The van der Waals surface area contributed by atoms with Crippen molar-refractivity contribution in [2.75, 3.05) is 18.0 Å². The van der Waals surface area contributed by atoms with Crippen LogP contribution in [0.4, 0.5) is 5.82 Å². The number of Topliss-reactive ketones (excluding diaryl/α,β-unsaturated/α-hetero) is 1. The zero-order chi connectivity index (χ0) is 11.5. The number of aromatic nitrogens is 1. The van der Waals surface area contributed by atoms with E-state index in [0.717, 1.165) is 30.2 Å². The van der Waals surface area contributed by atoms with E-state index in [1.165, 1.54) is 12.8 Å². The Bertz CT molecular complexity index is 395. The number of ketones is 1. The standard InChI is InChI=1S/C13H18N2O/c1-3-12(16)11-6-7-13(14-10(11)2)15-8-4-5-9-15/h6-7H,3-5,8-9H2,1-2H3. The lowest BCUT2D eigenvalue weighted by molar-refractivity contribution is 0.0987. The van der Waals surface area contributed by atoms with Crippen molar-refractivity contribution < 1.29 is 4.79 Å². The van der Waals surface area contributed by atoms with E-state index in [1.807, 2.05) is 26.0 Å². The van der Waals surface area contributed by atoms with Crippen molar-refractivity contribution in [3.63, 3.8) is 0 Å². The number of hydrogen-bond acceptors (Lipinski definition) is 3. The van der Waals surface area contributed by atoms with Crippen molar-refractivity contribution in [1.82, 2.24) is 4.98 Å². The topological polar surface area (TPSA) is 33.2 Å². The second kappa shape index (κ2) is 4.64. The Morgan fingerprint density at radius 1 is 1.38 bits per heavy atom.